The first kappa shape index (κ1) is 18.6. The lowest BCUT2D eigenvalue weighted by Gasteiger charge is -2.28. The number of carbonyl (C=O) groups excluding carboxylic acids is 3. The summed E-state index contributed by atoms with van der Waals surface area (Å²) in [6.07, 6.45) is 5.54. The van der Waals surface area contributed by atoms with Crippen molar-refractivity contribution in [2.24, 2.45) is 17.8 Å². The van der Waals surface area contributed by atoms with Crippen molar-refractivity contribution in [2.45, 2.75) is 52.1 Å². The van der Waals surface area contributed by atoms with E-state index in [0.29, 0.717) is 25.9 Å². The molecule has 0 aromatic heterocycles. The lowest BCUT2D eigenvalue weighted by molar-refractivity contribution is -0.148. The van der Waals surface area contributed by atoms with Crippen LogP contribution in [-0.4, -0.2) is 48.4 Å². The Morgan fingerprint density at radius 3 is 2.21 bits per heavy atom. The molecule has 0 bridgehead atoms. The first-order chi connectivity index (χ1) is 11.4. The van der Waals surface area contributed by atoms with E-state index >= 15 is 0 Å². The average molecular weight is 336 g/mol. The van der Waals surface area contributed by atoms with Crippen LogP contribution < -0.4 is 5.32 Å². The molecule has 6 heteroatoms. The normalized spacial score (nSPS) is 25.8. The van der Waals surface area contributed by atoms with Gasteiger partial charge in [-0.3, -0.25) is 19.3 Å². The highest BCUT2D eigenvalue weighted by atomic mass is 16.5. The number of ether oxygens (including phenoxy) is 1. The molecule has 24 heavy (non-hydrogen) atoms. The van der Waals surface area contributed by atoms with Crippen molar-refractivity contribution in [1.82, 2.24) is 10.2 Å². The fourth-order valence-corrected chi connectivity index (χ4v) is 3.54. The van der Waals surface area contributed by atoms with Gasteiger partial charge in [0.2, 0.25) is 17.7 Å². The van der Waals surface area contributed by atoms with Gasteiger partial charge in [0, 0.05) is 13.2 Å². The predicted molar refractivity (Wildman–Crippen MR) is 89.9 cm³/mol. The number of methoxy groups -OCH3 is 1. The van der Waals surface area contributed by atoms with Crippen LogP contribution >= 0.6 is 0 Å². The molecule has 0 unspecified atom stereocenters. The summed E-state index contributed by atoms with van der Waals surface area (Å²) in [6, 6.07) is -0.913. The number of hydrogen-bond donors (Lipinski definition) is 1. The highest BCUT2D eigenvalue weighted by Crippen LogP contribution is 2.37. The lowest BCUT2D eigenvalue weighted by Crippen LogP contribution is -2.52. The van der Waals surface area contributed by atoms with Gasteiger partial charge in [-0.05, 0) is 32.1 Å². The number of amides is 3. The van der Waals surface area contributed by atoms with E-state index in [4.69, 9.17) is 4.74 Å². The molecule has 0 saturated carbocycles. The van der Waals surface area contributed by atoms with Gasteiger partial charge in [0.25, 0.3) is 0 Å². The van der Waals surface area contributed by atoms with E-state index in [-0.39, 0.29) is 41.5 Å². The molecular weight excluding hydrogens is 308 g/mol. The Hall–Kier alpha value is -1.69. The minimum atomic E-state index is -0.741. The summed E-state index contributed by atoms with van der Waals surface area (Å²) in [4.78, 5) is 39.5. The van der Waals surface area contributed by atoms with Gasteiger partial charge < -0.3 is 10.1 Å². The Balaban J connectivity index is 2.19. The summed E-state index contributed by atoms with van der Waals surface area (Å²) in [7, 11) is 1.57. The molecule has 0 aromatic rings. The maximum atomic E-state index is 12.8. The quantitative estimate of drug-likeness (QED) is 0.565. The fourth-order valence-electron chi connectivity index (χ4n) is 3.54. The monoisotopic (exact) mass is 336 g/mol. The molecular formula is C18H28N2O4. The first-order valence-corrected chi connectivity index (χ1v) is 8.68. The topological polar surface area (TPSA) is 75.7 Å². The zero-order valence-corrected chi connectivity index (χ0v) is 15.0. The number of imide groups is 1. The molecule has 2 aliphatic rings. The molecule has 1 heterocycles. The fraction of sp³-hybridized carbons (Fsp3) is 0.722. The van der Waals surface area contributed by atoms with Crippen molar-refractivity contribution in [1.29, 1.82) is 0 Å². The van der Waals surface area contributed by atoms with Crippen LogP contribution in [0.25, 0.3) is 0 Å². The van der Waals surface area contributed by atoms with Crippen LogP contribution in [0.1, 0.15) is 40.0 Å². The van der Waals surface area contributed by atoms with Gasteiger partial charge in [-0.1, -0.05) is 26.0 Å². The molecule has 6 nitrogen and oxygen atoms in total. The Labute approximate surface area is 143 Å². The first-order valence-electron chi connectivity index (χ1n) is 8.68. The average Bonchev–Trinajstić information content (AvgIpc) is 2.77. The van der Waals surface area contributed by atoms with Crippen molar-refractivity contribution in [3.8, 4) is 0 Å². The molecule has 0 spiro atoms. The Kier molecular flexibility index (Phi) is 6.15. The van der Waals surface area contributed by atoms with Gasteiger partial charge in [0.15, 0.2) is 0 Å². The summed E-state index contributed by atoms with van der Waals surface area (Å²) >= 11 is 0. The van der Waals surface area contributed by atoms with Gasteiger partial charge in [0.05, 0.1) is 18.4 Å². The molecule has 0 aromatic carbocycles. The second-order valence-corrected chi connectivity index (χ2v) is 7.21. The van der Waals surface area contributed by atoms with E-state index in [1.165, 1.54) is 4.90 Å². The van der Waals surface area contributed by atoms with Crippen LogP contribution in [0.15, 0.2) is 12.2 Å². The van der Waals surface area contributed by atoms with Crippen molar-refractivity contribution < 1.29 is 19.1 Å². The Morgan fingerprint density at radius 1 is 1.21 bits per heavy atom. The third-order valence-corrected chi connectivity index (χ3v) is 4.66. The number of rotatable bonds is 7. The Bertz CT molecular complexity index is 503. The second kappa shape index (κ2) is 7.92. The number of allylic oxidation sites excluding steroid dienone is 2. The number of nitrogens with zero attached hydrogens (tertiary/aromatic N) is 1. The van der Waals surface area contributed by atoms with Crippen LogP contribution in [0.3, 0.4) is 0 Å². The molecule has 0 radical (unpaired) electrons. The third kappa shape index (κ3) is 3.86. The summed E-state index contributed by atoms with van der Waals surface area (Å²) in [5.41, 5.74) is 0. The van der Waals surface area contributed by atoms with Gasteiger partial charge in [-0.2, -0.15) is 0 Å². The van der Waals surface area contributed by atoms with Crippen LogP contribution in [0.4, 0.5) is 0 Å². The van der Waals surface area contributed by atoms with E-state index in [1.807, 2.05) is 32.9 Å². The largest absolute Gasteiger partial charge is 0.383 e. The van der Waals surface area contributed by atoms with Crippen molar-refractivity contribution in [3.63, 3.8) is 0 Å². The molecule has 1 aliphatic heterocycles. The molecule has 4 atom stereocenters. The van der Waals surface area contributed by atoms with Gasteiger partial charge in [-0.25, -0.2) is 0 Å². The minimum absolute atomic E-state index is 0.172. The van der Waals surface area contributed by atoms with E-state index in [0.717, 1.165) is 0 Å². The van der Waals surface area contributed by atoms with Crippen LogP contribution in [0, 0.1) is 17.8 Å². The highest BCUT2D eigenvalue weighted by Gasteiger charge is 2.51. The molecule has 1 N–H and O–H groups in total. The van der Waals surface area contributed by atoms with Crippen LogP contribution in [-0.2, 0) is 19.1 Å². The van der Waals surface area contributed by atoms with E-state index in [2.05, 4.69) is 5.32 Å². The van der Waals surface area contributed by atoms with E-state index in [1.54, 1.807) is 7.11 Å². The van der Waals surface area contributed by atoms with Crippen molar-refractivity contribution in [2.75, 3.05) is 13.7 Å². The molecule has 3 amide bonds. The lowest BCUT2D eigenvalue weighted by atomic mass is 9.85. The summed E-state index contributed by atoms with van der Waals surface area (Å²) < 4.78 is 5.04. The van der Waals surface area contributed by atoms with Crippen molar-refractivity contribution >= 4 is 17.7 Å². The number of fused-ring (bicyclic) bond motifs is 1. The van der Waals surface area contributed by atoms with Gasteiger partial charge >= 0.3 is 0 Å². The Morgan fingerprint density at radius 2 is 1.75 bits per heavy atom. The number of likely N-dealkylation sites (tertiary alicyclic amines) is 1. The molecule has 134 valence electrons. The summed E-state index contributed by atoms with van der Waals surface area (Å²) in [6.45, 7) is 6.19. The smallest absolute Gasteiger partial charge is 0.243 e. The van der Waals surface area contributed by atoms with E-state index in [9.17, 15) is 14.4 Å². The van der Waals surface area contributed by atoms with Gasteiger partial charge in [-0.15, -0.1) is 0 Å². The van der Waals surface area contributed by atoms with Crippen LogP contribution in [0.5, 0.6) is 0 Å². The SMILES string of the molecule is COC[C@H](C)NC(=O)[C@H](CC(C)C)N1C(=O)[C@H]2CC=CC[C@@H]2C1=O. The van der Waals surface area contributed by atoms with Gasteiger partial charge in [0.1, 0.15) is 6.04 Å². The number of carbonyl (C=O) groups is 3. The number of nitrogens with one attached hydrogen (secondary N) is 1. The summed E-state index contributed by atoms with van der Waals surface area (Å²) in [5.74, 6) is -1.09. The summed E-state index contributed by atoms with van der Waals surface area (Å²) in [5, 5.41) is 2.86. The highest BCUT2D eigenvalue weighted by molar-refractivity contribution is 6.08. The maximum absolute atomic E-state index is 12.8. The van der Waals surface area contributed by atoms with Crippen LogP contribution in [0.2, 0.25) is 0 Å². The minimum Gasteiger partial charge on any atom is -0.383 e. The molecule has 1 fully saturated rings. The standard InChI is InChI=1S/C18H28N2O4/c1-11(2)9-15(16(21)19-12(3)10-24-4)20-17(22)13-7-5-6-8-14(13)18(20)23/h5-6,11-15H,7-10H2,1-4H3,(H,19,21)/t12-,13-,14-,15-/m0/s1. The zero-order chi connectivity index (χ0) is 17.9. The predicted octanol–water partition coefficient (Wildman–Crippen LogP) is 1.50. The molecule has 1 saturated heterocycles. The van der Waals surface area contributed by atoms with E-state index < -0.39 is 6.04 Å². The second-order valence-electron chi connectivity index (χ2n) is 7.21. The molecule has 1 aliphatic carbocycles. The number of hydrogen-bond acceptors (Lipinski definition) is 4. The molecule has 2 rings (SSSR count). The van der Waals surface area contributed by atoms with Crippen molar-refractivity contribution in [3.05, 3.63) is 12.2 Å². The zero-order valence-electron chi connectivity index (χ0n) is 15.0. The maximum Gasteiger partial charge on any atom is 0.243 e. The third-order valence-electron chi connectivity index (χ3n) is 4.66.